The number of carbonyl (C=O) groups excluding carboxylic acids is 1. The van der Waals surface area contributed by atoms with Crippen molar-refractivity contribution in [3.8, 4) is 0 Å². The molecule has 2 aliphatic heterocycles. The second-order valence-electron chi connectivity index (χ2n) is 6.45. The Labute approximate surface area is 141 Å². The minimum absolute atomic E-state index is 0.0805. The maximum atomic E-state index is 12.6. The van der Waals surface area contributed by atoms with Gasteiger partial charge in [-0.2, -0.15) is 0 Å². The molecule has 0 saturated carbocycles. The van der Waals surface area contributed by atoms with E-state index < -0.39 is 0 Å². The van der Waals surface area contributed by atoms with Crippen LogP contribution in [0.25, 0.3) is 11.3 Å². The first-order chi connectivity index (χ1) is 11.7. The van der Waals surface area contributed by atoms with Crippen molar-refractivity contribution in [1.29, 1.82) is 0 Å². The largest absolute Gasteiger partial charge is 0.463 e. The molecule has 1 amide bonds. The minimum atomic E-state index is -0.0805. The summed E-state index contributed by atoms with van der Waals surface area (Å²) in [5, 5.41) is 6.54. The number of anilines is 1. The Morgan fingerprint density at radius 1 is 1.21 bits per heavy atom. The van der Waals surface area contributed by atoms with Crippen molar-refractivity contribution in [1.82, 2.24) is 10.2 Å². The Morgan fingerprint density at radius 2 is 2.00 bits per heavy atom. The highest BCUT2D eigenvalue weighted by atomic mass is 16.3. The van der Waals surface area contributed by atoms with Crippen LogP contribution in [0.1, 0.15) is 24.2 Å². The van der Waals surface area contributed by atoms with E-state index in [4.69, 9.17) is 4.42 Å². The van der Waals surface area contributed by atoms with Crippen LogP contribution in [-0.4, -0.2) is 37.0 Å². The fourth-order valence-corrected chi connectivity index (χ4v) is 3.41. The Balaban J connectivity index is 1.75. The first-order valence-electron chi connectivity index (χ1n) is 8.36. The van der Waals surface area contributed by atoms with Gasteiger partial charge in [-0.15, -0.1) is 0 Å². The van der Waals surface area contributed by atoms with Gasteiger partial charge in [0, 0.05) is 17.3 Å². The van der Waals surface area contributed by atoms with Crippen LogP contribution in [0.3, 0.4) is 0 Å². The van der Waals surface area contributed by atoms with Crippen LogP contribution in [0, 0.1) is 0 Å². The molecule has 2 N–H and O–H groups in total. The number of piperidine rings is 1. The number of amides is 1. The normalized spacial score (nSPS) is 20.6. The fourth-order valence-electron chi connectivity index (χ4n) is 3.41. The van der Waals surface area contributed by atoms with Gasteiger partial charge in [0.1, 0.15) is 0 Å². The Kier molecular flexibility index (Phi) is 3.86. The number of carbonyl (C=O) groups is 1. The van der Waals surface area contributed by atoms with Crippen molar-refractivity contribution in [3.63, 3.8) is 0 Å². The van der Waals surface area contributed by atoms with Gasteiger partial charge in [-0.25, -0.2) is 0 Å². The highest BCUT2D eigenvalue weighted by Gasteiger charge is 2.30. The predicted molar refractivity (Wildman–Crippen MR) is 94.2 cm³/mol. The van der Waals surface area contributed by atoms with Crippen molar-refractivity contribution in [2.45, 2.75) is 18.9 Å². The van der Waals surface area contributed by atoms with Gasteiger partial charge in [0.25, 0.3) is 5.91 Å². The maximum absolute atomic E-state index is 12.6. The summed E-state index contributed by atoms with van der Waals surface area (Å²) in [7, 11) is 2.14. The van der Waals surface area contributed by atoms with Crippen molar-refractivity contribution >= 4 is 22.9 Å². The third-order valence-electron chi connectivity index (χ3n) is 4.76. The highest BCUT2D eigenvalue weighted by molar-refractivity contribution is 6.36. The average molecular weight is 323 g/mol. The molecule has 0 unspecified atom stereocenters. The summed E-state index contributed by atoms with van der Waals surface area (Å²) in [6.45, 7) is 2.11. The number of fused-ring (bicyclic) bond motifs is 1. The smallest absolute Gasteiger partial charge is 0.258 e. The lowest BCUT2D eigenvalue weighted by molar-refractivity contribution is -0.110. The number of nitrogens with zero attached hydrogens (tertiary/aromatic N) is 1. The van der Waals surface area contributed by atoms with E-state index in [1.54, 1.807) is 6.26 Å². The number of hydrogen-bond acceptors (Lipinski definition) is 4. The van der Waals surface area contributed by atoms with Crippen LogP contribution in [0.2, 0.25) is 0 Å². The van der Waals surface area contributed by atoms with Gasteiger partial charge in [-0.1, -0.05) is 18.2 Å². The van der Waals surface area contributed by atoms with E-state index in [1.165, 1.54) is 0 Å². The SMILES string of the molecule is CN1CCC(N/C(=C2\C(=O)Nc3ccccc32)c2ccco2)CC1. The summed E-state index contributed by atoms with van der Waals surface area (Å²) in [4.78, 5) is 14.9. The van der Waals surface area contributed by atoms with Gasteiger partial charge < -0.3 is 20.0 Å². The molecule has 0 aliphatic carbocycles. The number of hydrogen-bond donors (Lipinski definition) is 2. The number of benzene rings is 1. The van der Waals surface area contributed by atoms with Gasteiger partial charge in [0.2, 0.25) is 0 Å². The summed E-state index contributed by atoms with van der Waals surface area (Å²) in [6, 6.07) is 11.9. The third kappa shape index (κ3) is 2.71. The molecule has 2 aromatic rings. The van der Waals surface area contributed by atoms with Crippen molar-refractivity contribution in [2.75, 3.05) is 25.5 Å². The van der Waals surface area contributed by atoms with E-state index >= 15 is 0 Å². The van der Waals surface area contributed by atoms with E-state index in [9.17, 15) is 4.79 Å². The molecule has 5 heteroatoms. The summed E-state index contributed by atoms with van der Waals surface area (Å²) in [6.07, 6.45) is 3.75. The summed E-state index contributed by atoms with van der Waals surface area (Å²) < 4.78 is 5.62. The number of nitrogens with one attached hydrogen (secondary N) is 2. The zero-order valence-corrected chi connectivity index (χ0v) is 13.7. The number of furan rings is 1. The van der Waals surface area contributed by atoms with E-state index in [0.29, 0.717) is 17.4 Å². The monoisotopic (exact) mass is 323 g/mol. The number of para-hydroxylation sites is 1. The van der Waals surface area contributed by atoms with Crippen molar-refractivity contribution in [3.05, 3.63) is 54.0 Å². The molecule has 1 aromatic heterocycles. The third-order valence-corrected chi connectivity index (χ3v) is 4.76. The Morgan fingerprint density at radius 3 is 2.75 bits per heavy atom. The number of rotatable bonds is 3. The molecule has 124 valence electrons. The van der Waals surface area contributed by atoms with Gasteiger partial charge in [-0.05, 0) is 51.2 Å². The van der Waals surface area contributed by atoms with E-state index in [2.05, 4.69) is 22.6 Å². The molecule has 5 nitrogen and oxygen atoms in total. The molecule has 1 saturated heterocycles. The lowest BCUT2D eigenvalue weighted by atomic mass is 10.0. The average Bonchev–Trinajstić information content (AvgIpc) is 3.22. The quantitative estimate of drug-likeness (QED) is 0.853. The van der Waals surface area contributed by atoms with Gasteiger partial charge in [-0.3, -0.25) is 4.79 Å². The van der Waals surface area contributed by atoms with Crippen LogP contribution in [0.4, 0.5) is 5.69 Å². The standard InChI is InChI=1S/C19H21N3O2/c1-22-10-8-13(9-11-22)20-18(16-7-4-12-24-16)17-14-5-2-3-6-15(14)21-19(17)23/h2-7,12-13,20H,8-11H2,1H3,(H,21,23)/b18-17-. The van der Waals surface area contributed by atoms with Crippen molar-refractivity contribution < 1.29 is 9.21 Å². The van der Waals surface area contributed by atoms with E-state index in [-0.39, 0.29) is 5.91 Å². The molecule has 1 aromatic carbocycles. The molecule has 0 spiro atoms. The highest BCUT2D eigenvalue weighted by Crippen LogP contribution is 2.36. The lowest BCUT2D eigenvalue weighted by Gasteiger charge is -2.31. The van der Waals surface area contributed by atoms with Gasteiger partial charge in [0.05, 0.1) is 17.5 Å². The molecule has 0 atom stereocenters. The van der Waals surface area contributed by atoms with Crippen LogP contribution in [-0.2, 0) is 4.79 Å². The first kappa shape index (κ1) is 15.0. The summed E-state index contributed by atoms with van der Waals surface area (Å²) in [5.74, 6) is 0.624. The molecule has 0 radical (unpaired) electrons. The Hall–Kier alpha value is -2.53. The molecule has 24 heavy (non-hydrogen) atoms. The summed E-state index contributed by atoms with van der Waals surface area (Å²) >= 11 is 0. The molecular formula is C19H21N3O2. The maximum Gasteiger partial charge on any atom is 0.258 e. The lowest BCUT2D eigenvalue weighted by Crippen LogP contribution is -2.40. The van der Waals surface area contributed by atoms with Crippen LogP contribution < -0.4 is 10.6 Å². The zero-order chi connectivity index (χ0) is 16.5. The molecular weight excluding hydrogens is 302 g/mol. The van der Waals surface area contributed by atoms with Crippen molar-refractivity contribution in [2.24, 2.45) is 0 Å². The van der Waals surface area contributed by atoms with E-state index in [1.807, 2.05) is 36.4 Å². The fraction of sp³-hybridized carbons (Fsp3) is 0.316. The topological polar surface area (TPSA) is 57.5 Å². The van der Waals surface area contributed by atoms with Gasteiger partial charge in [0.15, 0.2) is 5.76 Å². The molecule has 2 aliphatic rings. The Bertz CT molecular complexity index is 772. The minimum Gasteiger partial charge on any atom is -0.463 e. The second kappa shape index (κ2) is 6.17. The summed E-state index contributed by atoms with van der Waals surface area (Å²) in [5.41, 5.74) is 3.23. The number of likely N-dealkylation sites (tertiary alicyclic amines) is 1. The second-order valence-corrected chi connectivity index (χ2v) is 6.45. The van der Waals surface area contributed by atoms with E-state index in [0.717, 1.165) is 42.9 Å². The predicted octanol–water partition coefficient (Wildman–Crippen LogP) is 2.78. The van der Waals surface area contributed by atoms with Gasteiger partial charge >= 0.3 is 0 Å². The molecule has 0 bridgehead atoms. The van der Waals surface area contributed by atoms with Crippen LogP contribution >= 0.6 is 0 Å². The zero-order valence-electron chi connectivity index (χ0n) is 13.7. The first-order valence-corrected chi connectivity index (χ1v) is 8.36. The van der Waals surface area contributed by atoms with Crippen LogP contribution in [0.5, 0.6) is 0 Å². The molecule has 3 heterocycles. The van der Waals surface area contributed by atoms with Crippen LogP contribution in [0.15, 0.2) is 47.1 Å². The molecule has 1 fully saturated rings. The molecule has 4 rings (SSSR count).